The van der Waals surface area contributed by atoms with Crippen LogP contribution in [0.2, 0.25) is 5.02 Å². The van der Waals surface area contributed by atoms with Crippen molar-refractivity contribution in [2.75, 3.05) is 6.61 Å². The van der Waals surface area contributed by atoms with Crippen molar-refractivity contribution in [1.82, 2.24) is 0 Å². The van der Waals surface area contributed by atoms with Crippen molar-refractivity contribution in [2.24, 2.45) is 0 Å². The van der Waals surface area contributed by atoms with Gasteiger partial charge >= 0.3 is 5.97 Å². The number of carbonyl (C=O) groups is 3. The second-order valence-corrected chi connectivity index (χ2v) is 6.02. The van der Waals surface area contributed by atoms with Crippen LogP contribution in [0.15, 0.2) is 42.5 Å². The van der Waals surface area contributed by atoms with Crippen LogP contribution in [-0.2, 0) is 20.9 Å². The molecule has 0 aliphatic heterocycles. The second kappa shape index (κ2) is 9.15. The molecule has 0 bridgehead atoms. The number of ketones is 2. The van der Waals surface area contributed by atoms with Crippen molar-refractivity contribution in [1.29, 1.82) is 0 Å². The molecule has 2 aromatic rings. The predicted molar refractivity (Wildman–Crippen MR) is 97.6 cm³/mol. The molecule has 0 fully saturated rings. The molecule has 26 heavy (non-hydrogen) atoms. The fourth-order valence-electron chi connectivity index (χ4n) is 2.25. The lowest BCUT2D eigenvalue weighted by Crippen LogP contribution is -2.21. The fourth-order valence-corrected chi connectivity index (χ4v) is 2.42. The van der Waals surface area contributed by atoms with Crippen LogP contribution in [-0.4, -0.2) is 24.1 Å². The average Bonchev–Trinajstić information content (AvgIpc) is 2.63. The lowest BCUT2D eigenvalue weighted by atomic mass is 10.0. The van der Waals surface area contributed by atoms with Crippen molar-refractivity contribution >= 4 is 29.1 Å². The number of hydrogen-bond acceptors (Lipinski definition) is 5. The Hall–Kier alpha value is -2.66. The first-order valence-electron chi connectivity index (χ1n) is 8.12. The van der Waals surface area contributed by atoms with Crippen LogP contribution in [0.4, 0.5) is 0 Å². The van der Waals surface area contributed by atoms with Gasteiger partial charge in [-0.25, -0.2) is 4.79 Å². The van der Waals surface area contributed by atoms with Crippen molar-refractivity contribution in [3.63, 3.8) is 0 Å². The molecule has 5 nitrogen and oxygen atoms in total. The third-order valence-corrected chi connectivity index (χ3v) is 4.03. The summed E-state index contributed by atoms with van der Waals surface area (Å²) in [6.45, 7) is 3.70. The Morgan fingerprint density at radius 2 is 1.77 bits per heavy atom. The first-order chi connectivity index (χ1) is 12.4. The minimum atomic E-state index is -1.02. The zero-order chi connectivity index (χ0) is 19.1. The van der Waals surface area contributed by atoms with Gasteiger partial charge in [0.2, 0.25) is 5.78 Å². The maximum absolute atomic E-state index is 12.5. The van der Waals surface area contributed by atoms with E-state index in [1.165, 1.54) is 6.07 Å². The average molecular weight is 375 g/mol. The molecule has 0 saturated carbocycles. The van der Waals surface area contributed by atoms with Crippen LogP contribution in [0, 0.1) is 6.92 Å². The second-order valence-electron chi connectivity index (χ2n) is 5.62. The van der Waals surface area contributed by atoms with E-state index in [9.17, 15) is 14.4 Å². The van der Waals surface area contributed by atoms with Gasteiger partial charge in [-0.15, -0.1) is 0 Å². The quantitative estimate of drug-likeness (QED) is 0.303. The number of rotatable bonds is 8. The summed E-state index contributed by atoms with van der Waals surface area (Å²) in [7, 11) is 0. The normalized spacial score (nSPS) is 10.3. The van der Waals surface area contributed by atoms with Crippen LogP contribution >= 0.6 is 11.6 Å². The van der Waals surface area contributed by atoms with E-state index in [2.05, 4.69) is 4.74 Å². The Morgan fingerprint density at radius 1 is 1.08 bits per heavy atom. The third kappa shape index (κ3) is 5.17. The molecule has 0 N–H and O–H groups in total. The minimum absolute atomic E-state index is 0.0700. The third-order valence-electron chi connectivity index (χ3n) is 3.62. The molecular weight excluding hydrogens is 356 g/mol. The maximum atomic E-state index is 12.5. The lowest BCUT2D eigenvalue weighted by molar-refractivity contribution is -0.153. The van der Waals surface area contributed by atoms with Crippen LogP contribution in [0.5, 0.6) is 5.75 Å². The standard InChI is InChI=1S/C20H19ClO5/c1-3-25-20(24)18(23)11-17(22)15-10-16(21)13(2)9-19(15)26-12-14-7-5-4-6-8-14/h4-10H,3,11-12H2,1-2H3. The predicted octanol–water partition coefficient (Wildman–Crippen LogP) is 3.93. The molecule has 136 valence electrons. The molecule has 2 aromatic carbocycles. The molecular formula is C20H19ClO5. The summed E-state index contributed by atoms with van der Waals surface area (Å²) in [6, 6.07) is 12.6. The highest BCUT2D eigenvalue weighted by Gasteiger charge is 2.23. The van der Waals surface area contributed by atoms with E-state index in [0.29, 0.717) is 10.8 Å². The number of halogens is 1. The number of ether oxygens (including phenoxy) is 2. The molecule has 2 rings (SSSR count). The van der Waals surface area contributed by atoms with Gasteiger partial charge in [0.15, 0.2) is 5.78 Å². The molecule has 0 aliphatic carbocycles. The van der Waals surface area contributed by atoms with Gasteiger partial charge in [-0.3, -0.25) is 9.59 Å². The zero-order valence-corrected chi connectivity index (χ0v) is 15.3. The highest BCUT2D eigenvalue weighted by atomic mass is 35.5. The first kappa shape index (κ1) is 19.7. The number of aryl methyl sites for hydroxylation is 1. The molecule has 6 heteroatoms. The summed E-state index contributed by atoms with van der Waals surface area (Å²) in [4.78, 5) is 35.7. The van der Waals surface area contributed by atoms with Gasteiger partial charge in [0.1, 0.15) is 12.4 Å². The molecule has 0 heterocycles. The Kier molecular flexibility index (Phi) is 6.92. The van der Waals surface area contributed by atoms with E-state index in [-0.39, 0.29) is 18.8 Å². The highest BCUT2D eigenvalue weighted by molar-refractivity contribution is 6.38. The zero-order valence-electron chi connectivity index (χ0n) is 14.6. The van der Waals surface area contributed by atoms with Gasteiger partial charge in [-0.2, -0.15) is 0 Å². The van der Waals surface area contributed by atoms with Crippen LogP contribution < -0.4 is 4.74 Å². The number of benzene rings is 2. The Morgan fingerprint density at radius 3 is 2.42 bits per heavy atom. The van der Waals surface area contributed by atoms with Crippen molar-refractivity contribution in [2.45, 2.75) is 26.9 Å². The van der Waals surface area contributed by atoms with E-state index >= 15 is 0 Å². The number of hydrogen-bond donors (Lipinski definition) is 0. The molecule has 0 radical (unpaired) electrons. The van der Waals surface area contributed by atoms with Gasteiger partial charge in [0, 0.05) is 5.02 Å². The van der Waals surface area contributed by atoms with Gasteiger partial charge in [0.25, 0.3) is 0 Å². The van der Waals surface area contributed by atoms with Crippen molar-refractivity contribution < 1.29 is 23.9 Å². The summed E-state index contributed by atoms with van der Waals surface area (Å²) < 4.78 is 10.4. The smallest absolute Gasteiger partial charge is 0.375 e. The molecule has 0 aliphatic rings. The van der Waals surface area contributed by atoms with E-state index in [1.807, 2.05) is 30.3 Å². The monoisotopic (exact) mass is 374 g/mol. The summed E-state index contributed by atoms with van der Waals surface area (Å²) in [5.41, 5.74) is 1.83. The van der Waals surface area contributed by atoms with E-state index in [0.717, 1.165) is 11.1 Å². The van der Waals surface area contributed by atoms with Crippen LogP contribution in [0.3, 0.4) is 0 Å². The van der Waals surface area contributed by atoms with Gasteiger partial charge < -0.3 is 9.47 Å². The topological polar surface area (TPSA) is 69.7 Å². The van der Waals surface area contributed by atoms with E-state index < -0.39 is 24.0 Å². The summed E-state index contributed by atoms with van der Waals surface area (Å²) in [6.07, 6.45) is -0.597. The minimum Gasteiger partial charge on any atom is -0.488 e. The number of esters is 1. The van der Waals surface area contributed by atoms with E-state index in [1.54, 1.807) is 19.9 Å². The van der Waals surface area contributed by atoms with Crippen molar-refractivity contribution in [3.8, 4) is 5.75 Å². The Balaban J connectivity index is 2.20. The van der Waals surface area contributed by atoms with Gasteiger partial charge in [-0.1, -0.05) is 41.9 Å². The van der Waals surface area contributed by atoms with Gasteiger partial charge in [-0.05, 0) is 37.1 Å². The highest BCUT2D eigenvalue weighted by Crippen LogP contribution is 2.28. The Labute approximate surface area is 156 Å². The summed E-state index contributed by atoms with van der Waals surface area (Å²) in [5, 5.41) is 0.379. The van der Waals surface area contributed by atoms with Crippen LogP contribution in [0.25, 0.3) is 0 Å². The molecule has 0 aromatic heterocycles. The first-order valence-corrected chi connectivity index (χ1v) is 8.50. The summed E-state index contributed by atoms with van der Waals surface area (Å²) >= 11 is 6.11. The molecule has 0 atom stereocenters. The maximum Gasteiger partial charge on any atom is 0.375 e. The molecule has 0 saturated heterocycles. The van der Waals surface area contributed by atoms with Crippen molar-refractivity contribution in [3.05, 3.63) is 64.2 Å². The summed E-state index contributed by atoms with van der Waals surface area (Å²) in [5.74, 6) is -2.15. The van der Waals surface area contributed by atoms with Crippen LogP contribution in [0.1, 0.15) is 34.8 Å². The molecule has 0 spiro atoms. The Bertz CT molecular complexity index is 814. The largest absolute Gasteiger partial charge is 0.488 e. The molecule has 0 unspecified atom stereocenters. The lowest BCUT2D eigenvalue weighted by Gasteiger charge is -2.13. The fraction of sp³-hybridized carbons (Fsp3) is 0.250. The number of Topliss-reactive ketones (excluding diaryl/α,β-unsaturated/α-hetero) is 2. The number of carbonyl (C=O) groups excluding carboxylic acids is 3. The van der Waals surface area contributed by atoms with E-state index in [4.69, 9.17) is 16.3 Å². The molecule has 0 amide bonds. The van der Waals surface area contributed by atoms with Gasteiger partial charge in [0.05, 0.1) is 18.6 Å². The SMILES string of the molecule is CCOC(=O)C(=O)CC(=O)c1cc(Cl)c(C)cc1OCc1ccccc1.